The second-order valence-corrected chi connectivity index (χ2v) is 4.91. The molecule has 0 aliphatic carbocycles. The molecule has 1 amide bonds. The first-order valence-electron chi connectivity index (χ1n) is 7.23. The third-order valence-electron chi connectivity index (χ3n) is 3.45. The topological polar surface area (TPSA) is 38.3 Å². The molecular formula is C18H21NO2. The summed E-state index contributed by atoms with van der Waals surface area (Å²) in [6, 6.07) is 15.7. The third-order valence-corrected chi connectivity index (χ3v) is 3.45. The zero-order valence-electron chi connectivity index (χ0n) is 12.6. The van der Waals surface area contributed by atoms with Gasteiger partial charge in [0.1, 0.15) is 5.75 Å². The first-order valence-corrected chi connectivity index (χ1v) is 7.23. The van der Waals surface area contributed by atoms with Crippen molar-refractivity contribution in [1.29, 1.82) is 0 Å². The predicted molar refractivity (Wildman–Crippen MR) is 85.8 cm³/mol. The molecule has 0 heterocycles. The third kappa shape index (κ3) is 4.35. The van der Waals surface area contributed by atoms with E-state index < -0.39 is 0 Å². The van der Waals surface area contributed by atoms with Crippen LogP contribution in [0, 0.1) is 0 Å². The smallest absolute Gasteiger partial charge is 0.224 e. The minimum atomic E-state index is 0.0405. The van der Waals surface area contributed by atoms with Crippen LogP contribution in [0.2, 0.25) is 0 Å². The number of nitrogens with one attached hydrogen (secondary N) is 1. The summed E-state index contributed by atoms with van der Waals surface area (Å²) in [6.45, 7) is 2.08. The van der Waals surface area contributed by atoms with E-state index in [0.29, 0.717) is 12.8 Å². The highest BCUT2D eigenvalue weighted by Crippen LogP contribution is 2.17. The van der Waals surface area contributed by atoms with Crippen LogP contribution in [-0.2, 0) is 17.6 Å². The number of hydrogen-bond donors (Lipinski definition) is 1. The first-order chi connectivity index (χ1) is 10.2. The maximum Gasteiger partial charge on any atom is 0.224 e. The minimum Gasteiger partial charge on any atom is -0.497 e. The molecule has 110 valence electrons. The molecular weight excluding hydrogens is 262 g/mol. The number of aryl methyl sites for hydroxylation is 2. The molecule has 0 atom stereocenters. The summed E-state index contributed by atoms with van der Waals surface area (Å²) in [5.41, 5.74) is 3.18. The fourth-order valence-electron chi connectivity index (χ4n) is 2.25. The normalized spacial score (nSPS) is 10.2. The molecule has 0 saturated carbocycles. The van der Waals surface area contributed by atoms with Crippen molar-refractivity contribution >= 4 is 11.6 Å². The lowest BCUT2D eigenvalue weighted by atomic mass is 10.1. The summed E-state index contributed by atoms with van der Waals surface area (Å²) in [4.78, 5) is 12.1. The van der Waals surface area contributed by atoms with Crippen molar-refractivity contribution in [3.63, 3.8) is 0 Å². The molecule has 0 radical (unpaired) electrons. The van der Waals surface area contributed by atoms with Gasteiger partial charge in [0.05, 0.1) is 7.11 Å². The number of amides is 1. The van der Waals surface area contributed by atoms with E-state index in [4.69, 9.17) is 4.74 Å². The van der Waals surface area contributed by atoms with Gasteiger partial charge in [0.15, 0.2) is 0 Å². The molecule has 3 nitrogen and oxygen atoms in total. The highest BCUT2D eigenvalue weighted by atomic mass is 16.5. The van der Waals surface area contributed by atoms with E-state index in [9.17, 15) is 4.79 Å². The summed E-state index contributed by atoms with van der Waals surface area (Å²) in [6.07, 6.45) is 2.08. The second kappa shape index (κ2) is 7.48. The molecule has 0 spiro atoms. The molecule has 1 N–H and O–H groups in total. The van der Waals surface area contributed by atoms with Crippen LogP contribution >= 0.6 is 0 Å². The van der Waals surface area contributed by atoms with Gasteiger partial charge in [-0.2, -0.15) is 0 Å². The number of carbonyl (C=O) groups is 1. The minimum absolute atomic E-state index is 0.0405. The Bertz CT molecular complexity index is 608. The lowest BCUT2D eigenvalue weighted by Gasteiger charge is -2.10. The number of para-hydroxylation sites is 1. The second-order valence-electron chi connectivity index (χ2n) is 4.91. The van der Waals surface area contributed by atoms with Crippen LogP contribution in [0.4, 0.5) is 5.69 Å². The maximum atomic E-state index is 12.1. The average Bonchev–Trinajstić information content (AvgIpc) is 2.53. The van der Waals surface area contributed by atoms with Gasteiger partial charge in [-0.15, -0.1) is 0 Å². The molecule has 2 aromatic carbocycles. The van der Waals surface area contributed by atoms with E-state index in [1.807, 2.05) is 48.5 Å². The number of carbonyl (C=O) groups excluding carboxylic acids is 1. The predicted octanol–water partition coefficient (Wildman–Crippen LogP) is 3.83. The Balaban J connectivity index is 1.92. The van der Waals surface area contributed by atoms with Crippen LogP contribution in [0.25, 0.3) is 0 Å². The molecule has 3 heteroatoms. The van der Waals surface area contributed by atoms with Gasteiger partial charge in [0, 0.05) is 12.1 Å². The van der Waals surface area contributed by atoms with Crippen LogP contribution in [0.5, 0.6) is 5.75 Å². The van der Waals surface area contributed by atoms with E-state index in [2.05, 4.69) is 12.2 Å². The molecule has 0 saturated heterocycles. The van der Waals surface area contributed by atoms with E-state index >= 15 is 0 Å². The zero-order valence-corrected chi connectivity index (χ0v) is 12.6. The maximum absolute atomic E-state index is 12.1. The van der Waals surface area contributed by atoms with E-state index in [-0.39, 0.29) is 5.91 Å². The molecule has 2 aromatic rings. The number of benzene rings is 2. The van der Waals surface area contributed by atoms with Gasteiger partial charge in [0.2, 0.25) is 5.91 Å². The average molecular weight is 283 g/mol. The van der Waals surface area contributed by atoms with Crippen molar-refractivity contribution in [1.82, 2.24) is 0 Å². The van der Waals surface area contributed by atoms with E-state index in [1.165, 1.54) is 0 Å². The molecule has 0 bridgehead atoms. The monoisotopic (exact) mass is 283 g/mol. The number of anilines is 1. The molecule has 2 rings (SSSR count). The van der Waals surface area contributed by atoms with Gasteiger partial charge in [-0.25, -0.2) is 0 Å². The Morgan fingerprint density at radius 2 is 1.95 bits per heavy atom. The Hall–Kier alpha value is -2.29. The van der Waals surface area contributed by atoms with Crippen LogP contribution in [0.15, 0.2) is 48.5 Å². The standard InChI is InChI=1S/C18H21NO2/c1-3-15-8-4-5-10-17(15)19-18(20)12-11-14-7-6-9-16(13-14)21-2/h4-10,13H,3,11-12H2,1-2H3,(H,19,20). The fourth-order valence-corrected chi connectivity index (χ4v) is 2.25. The zero-order chi connectivity index (χ0) is 15.1. The van der Waals surface area contributed by atoms with Gasteiger partial charge in [0.25, 0.3) is 0 Å². The van der Waals surface area contributed by atoms with Crippen LogP contribution in [0.1, 0.15) is 24.5 Å². The van der Waals surface area contributed by atoms with Crippen LogP contribution in [0.3, 0.4) is 0 Å². The molecule has 0 aromatic heterocycles. The van der Waals surface area contributed by atoms with Gasteiger partial charge in [-0.1, -0.05) is 37.3 Å². The number of methoxy groups -OCH3 is 1. The molecule has 0 aliphatic heterocycles. The Morgan fingerprint density at radius 1 is 1.14 bits per heavy atom. The van der Waals surface area contributed by atoms with Crippen molar-refractivity contribution < 1.29 is 9.53 Å². The van der Waals surface area contributed by atoms with Crippen molar-refractivity contribution in [3.05, 3.63) is 59.7 Å². The van der Waals surface area contributed by atoms with Crippen molar-refractivity contribution in [3.8, 4) is 5.75 Å². The van der Waals surface area contributed by atoms with Gasteiger partial charge >= 0.3 is 0 Å². The molecule has 21 heavy (non-hydrogen) atoms. The van der Waals surface area contributed by atoms with Crippen molar-refractivity contribution in [2.24, 2.45) is 0 Å². The Kier molecular flexibility index (Phi) is 5.38. The summed E-state index contributed by atoms with van der Waals surface area (Å²) in [5, 5.41) is 2.99. The summed E-state index contributed by atoms with van der Waals surface area (Å²) < 4.78 is 5.19. The lowest BCUT2D eigenvalue weighted by molar-refractivity contribution is -0.116. The SMILES string of the molecule is CCc1ccccc1NC(=O)CCc1cccc(OC)c1. The Morgan fingerprint density at radius 3 is 2.71 bits per heavy atom. The first kappa shape index (κ1) is 15.1. The van der Waals surface area contributed by atoms with E-state index in [1.54, 1.807) is 7.11 Å². The van der Waals surface area contributed by atoms with Crippen molar-refractivity contribution in [2.75, 3.05) is 12.4 Å². The molecule has 0 fully saturated rings. The number of hydrogen-bond acceptors (Lipinski definition) is 2. The van der Waals surface area contributed by atoms with Gasteiger partial charge in [-0.05, 0) is 42.2 Å². The largest absolute Gasteiger partial charge is 0.497 e. The number of ether oxygens (including phenoxy) is 1. The van der Waals surface area contributed by atoms with Crippen molar-refractivity contribution in [2.45, 2.75) is 26.2 Å². The van der Waals surface area contributed by atoms with Gasteiger partial charge in [-0.3, -0.25) is 4.79 Å². The summed E-state index contributed by atoms with van der Waals surface area (Å²) in [5.74, 6) is 0.864. The Labute approximate surface area is 126 Å². The van der Waals surface area contributed by atoms with Crippen LogP contribution < -0.4 is 10.1 Å². The van der Waals surface area contributed by atoms with Gasteiger partial charge < -0.3 is 10.1 Å². The molecule has 0 unspecified atom stereocenters. The fraction of sp³-hybridized carbons (Fsp3) is 0.278. The summed E-state index contributed by atoms with van der Waals surface area (Å²) >= 11 is 0. The van der Waals surface area contributed by atoms with E-state index in [0.717, 1.165) is 29.0 Å². The summed E-state index contributed by atoms with van der Waals surface area (Å²) in [7, 11) is 1.65. The number of rotatable bonds is 6. The highest BCUT2D eigenvalue weighted by molar-refractivity contribution is 5.91. The van der Waals surface area contributed by atoms with Crippen LogP contribution in [-0.4, -0.2) is 13.0 Å². The quantitative estimate of drug-likeness (QED) is 0.875. The molecule has 0 aliphatic rings. The highest BCUT2D eigenvalue weighted by Gasteiger charge is 2.06. The lowest BCUT2D eigenvalue weighted by Crippen LogP contribution is -2.13.